The number of ketones is 1. The van der Waals surface area contributed by atoms with Gasteiger partial charge in [-0.05, 0) is 24.3 Å². The zero-order valence-electron chi connectivity index (χ0n) is 10.6. The van der Waals surface area contributed by atoms with Crippen molar-refractivity contribution in [2.75, 3.05) is 0 Å². The number of aryl methyl sites for hydroxylation is 1. The van der Waals surface area contributed by atoms with Gasteiger partial charge in [0.1, 0.15) is 5.76 Å². The van der Waals surface area contributed by atoms with Gasteiger partial charge < -0.3 is 10.1 Å². The van der Waals surface area contributed by atoms with Crippen molar-refractivity contribution in [3.8, 4) is 0 Å². The SMILES string of the molecule is Cc1ccc2[nH]cc(/C(O)=C/C(=O)c3nn[nH]n3)c2c1. The summed E-state index contributed by atoms with van der Waals surface area (Å²) < 4.78 is 0. The van der Waals surface area contributed by atoms with Crippen LogP contribution in [0.1, 0.15) is 21.7 Å². The number of aromatic amines is 2. The molecule has 7 nitrogen and oxygen atoms in total. The van der Waals surface area contributed by atoms with Gasteiger partial charge >= 0.3 is 0 Å². The number of rotatable bonds is 3. The number of nitrogens with one attached hydrogen (secondary N) is 2. The molecule has 2 heterocycles. The van der Waals surface area contributed by atoms with Crippen molar-refractivity contribution in [3.63, 3.8) is 0 Å². The minimum absolute atomic E-state index is 0.0902. The van der Waals surface area contributed by atoms with E-state index in [1.54, 1.807) is 6.20 Å². The van der Waals surface area contributed by atoms with Crippen molar-refractivity contribution in [1.29, 1.82) is 0 Å². The fourth-order valence-electron chi connectivity index (χ4n) is 1.98. The minimum atomic E-state index is -0.516. The summed E-state index contributed by atoms with van der Waals surface area (Å²) in [5, 5.41) is 23.6. The van der Waals surface area contributed by atoms with Gasteiger partial charge in [0.15, 0.2) is 0 Å². The van der Waals surface area contributed by atoms with E-state index in [0.717, 1.165) is 22.5 Å². The molecule has 0 unspecified atom stereocenters. The molecular weight excluding hydrogens is 258 g/mol. The van der Waals surface area contributed by atoms with E-state index >= 15 is 0 Å². The second-order valence-electron chi connectivity index (χ2n) is 4.38. The van der Waals surface area contributed by atoms with E-state index in [2.05, 4.69) is 25.6 Å². The van der Waals surface area contributed by atoms with Crippen molar-refractivity contribution >= 4 is 22.4 Å². The number of H-pyrrole nitrogens is 2. The molecule has 0 aliphatic carbocycles. The van der Waals surface area contributed by atoms with E-state index < -0.39 is 5.78 Å². The summed E-state index contributed by atoms with van der Waals surface area (Å²) >= 11 is 0. The van der Waals surface area contributed by atoms with Gasteiger partial charge in [-0.25, -0.2) is 0 Å². The lowest BCUT2D eigenvalue weighted by Crippen LogP contribution is -1.99. The molecule has 100 valence electrons. The van der Waals surface area contributed by atoms with E-state index in [4.69, 9.17) is 0 Å². The second-order valence-corrected chi connectivity index (χ2v) is 4.38. The first-order valence-electron chi connectivity index (χ1n) is 5.91. The maximum absolute atomic E-state index is 11.8. The number of aliphatic hydroxyl groups excluding tert-OH is 1. The highest BCUT2D eigenvalue weighted by Crippen LogP contribution is 2.24. The largest absolute Gasteiger partial charge is 0.507 e. The van der Waals surface area contributed by atoms with Crippen LogP contribution >= 0.6 is 0 Å². The topological polar surface area (TPSA) is 108 Å². The number of allylic oxidation sites excluding steroid dienone is 1. The molecule has 7 heteroatoms. The zero-order chi connectivity index (χ0) is 14.1. The normalized spacial score (nSPS) is 11.9. The first-order valence-corrected chi connectivity index (χ1v) is 5.91. The number of hydrogen-bond donors (Lipinski definition) is 3. The average Bonchev–Trinajstić information content (AvgIpc) is 3.07. The highest BCUT2D eigenvalue weighted by molar-refractivity contribution is 6.06. The van der Waals surface area contributed by atoms with Crippen LogP contribution in [0.3, 0.4) is 0 Å². The summed E-state index contributed by atoms with van der Waals surface area (Å²) in [4.78, 5) is 14.8. The Morgan fingerprint density at radius 2 is 2.25 bits per heavy atom. The molecule has 0 atom stereocenters. The molecule has 0 fully saturated rings. The zero-order valence-corrected chi connectivity index (χ0v) is 10.6. The second kappa shape index (κ2) is 4.61. The van der Waals surface area contributed by atoms with Crippen LogP contribution < -0.4 is 0 Å². The molecule has 0 radical (unpaired) electrons. The van der Waals surface area contributed by atoms with Crippen LogP contribution in [0.25, 0.3) is 16.7 Å². The summed E-state index contributed by atoms with van der Waals surface area (Å²) in [5.74, 6) is -0.748. The lowest BCUT2D eigenvalue weighted by atomic mass is 10.1. The van der Waals surface area contributed by atoms with Gasteiger partial charge in [0, 0.05) is 28.7 Å². The van der Waals surface area contributed by atoms with Crippen molar-refractivity contribution in [2.24, 2.45) is 0 Å². The standard InChI is InChI=1S/C13H11N5O2/c1-7-2-3-10-8(4-7)9(6-14-10)11(19)5-12(20)13-15-17-18-16-13/h2-6,14,19H,1H3,(H,15,16,17,18)/b11-5-. The molecule has 20 heavy (non-hydrogen) atoms. The Balaban J connectivity index is 2.02. The minimum Gasteiger partial charge on any atom is -0.507 e. The first-order chi connectivity index (χ1) is 9.65. The quantitative estimate of drug-likeness (QED) is 0.381. The van der Waals surface area contributed by atoms with E-state index in [-0.39, 0.29) is 11.6 Å². The number of hydrogen-bond acceptors (Lipinski definition) is 5. The van der Waals surface area contributed by atoms with E-state index in [1.165, 1.54) is 0 Å². The molecule has 0 saturated heterocycles. The van der Waals surface area contributed by atoms with Gasteiger partial charge in [-0.3, -0.25) is 4.79 Å². The van der Waals surface area contributed by atoms with Crippen LogP contribution in [-0.2, 0) is 0 Å². The molecular formula is C13H11N5O2. The monoisotopic (exact) mass is 269 g/mol. The number of fused-ring (bicyclic) bond motifs is 1. The van der Waals surface area contributed by atoms with Gasteiger partial charge in [0.25, 0.3) is 0 Å². The summed E-state index contributed by atoms with van der Waals surface area (Å²) in [6.07, 6.45) is 2.73. The highest BCUT2D eigenvalue weighted by Gasteiger charge is 2.13. The molecule has 0 aliphatic rings. The van der Waals surface area contributed by atoms with Gasteiger partial charge in [-0.2, -0.15) is 5.21 Å². The smallest absolute Gasteiger partial charge is 0.244 e. The Morgan fingerprint density at radius 1 is 1.40 bits per heavy atom. The predicted octanol–water partition coefficient (Wildman–Crippen LogP) is 1.77. The van der Waals surface area contributed by atoms with Crippen LogP contribution in [0.2, 0.25) is 0 Å². The maximum atomic E-state index is 11.8. The number of aliphatic hydroxyl groups is 1. The number of aromatic nitrogens is 5. The first kappa shape index (κ1) is 12.1. The number of benzene rings is 1. The van der Waals surface area contributed by atoms with E-state index in [0.29, 0.717) is 5.56 Å². The van der Waals surface area contributed by atoms with Crippen molar-refractivity contribution in [2.45, 2.75) is 6.92 Å². The van der Waals surface area contributed by atoms with Crippen molar-refractivity contribution in [3.05, 3.63) is 47.4 Å². The van der Waals surface area contributed by atoms with Gasteiger partial charge in [-0.1, -0.05) is 11.6 Å². The van der Waals surface area contributed by atoms with Crippen molar-refractivity contribution < 1.29 is 9.90 Å². The fourth-order valence-corrected chi connectivity index (χ4v) is 1.98. The van der Waals surface area contributed by atoms with Crippen LogP contribution in [-0.4, -0.2) is 36.5 Å². The molecule has 0 bridgehead atoms. The molecule has 1 aromatic carbocycles. The number of nitrogens with zero attached hydrogens (tertiary/aromatic N) is 3. The van der Waals surface area contributed by atoms with Crippen LogP contribution in [0.4, 0.5) is 0 Å². The fraction of sp³-hybridized carbons (Fsp3) is 0.0769. The molecule has 2 aromatic heterocycles. The average molecular weight is 269 g/mol. The van der Waals surface area contributed by atoms with E-state index in [1.807, 2.05) is 25.1 Å². The van der Waals surface area contributed by atoms with E-state index in [9.17, 15) is 9.90 Å². The number of carbonyl (C=O) groups excluding carboxylic acids is 1. The number of carbonyl (C=O) groups is 1. The van der Waals surface area contributed by atoms with Crippen LogP contribution in [0, 0.1) is 6.92 Å². The summed E-state index contributed by atoms with van der Waals surface area (Å²) in [6.45, 7) is 1.96. The third-order valence-corrected chi connectivity index (χ3v) is 2.95. The molecule has 0 aliphatic heterocycles. The Kier molecular flexibility index (Phi) is 2.79. The molecule has 0 spiro atoms. The molecule has 0 saturated carbocycles. The Bertz CT molecular complexity index is 801. The number of tetrazole rings is 1. The lowest BCUT2D eigenvalue weighted by Gasteiger charge is -1.98. The summed E-state index contributed by atoms with van der Waals surface area (Å²) in [7, 11) is 0. The third kappa shape index (κ3) is 2.05. The molecule has 3 N–H and O–H groups in total. The lowest BCUT2D eigenvalue weighted by molar-refractivity contribution is 0.103. The predicted molar refractivity (Wildman–Crippen MR) is 72.1 cm³/mol. The molecule has 3 aromatic rings. The Labute approximate surface area is 113 Å². The van der Waals surface area contributed by atoms with Crippen LogP contribution in [0.15, 0.2) is 30.5 Å². The Hall–Kier alpha value is -2.96. The van der Waals surface area contributed by atoms with Crippen LogP contribution in [0.5, 0.6) is 0 Å². The third-order valence-electron chi connectivity index (χ3n) is 2.95. The Morgan fingerprint density at radius 3 is 3.00 bits per heavy atom. The maximum Gasteiger partial charge on any atom is 0.244 e. The van der Waals surface area contributed by atoms with Gasteiger partial charge in [0.05, 0.1) is 0 Å². The van der Waals surface area contributed by atoms with Gasteiger partial charge in [0.2, 0.25) is 11.6 Å². The van der Waals surface area contributed by atoms with Gasteiger partial charge in [-0.15, -0.1) is 10.2 Å². The molecule has 0 amide bonds. The highest BCUT2D eigenvalue weighted by atomic mass is 16.3. The van der Waals surface area contributed by atoms with Crippen molar-refractivity contribution in [1.82, 2.24) is 25.6 Å². The summed E-state index contributed by atoms with van der Waals surface area (Å²) in [6, 6.07) is 5.82. The molecule has 3 rings (SSSR count). The summed E-state index contributed by atoms with van der Waals surface area (Å²) in [5.41, 5.74) is 2.51.